The highest BCUT2D eigenvalue weighted by molar-refractivity contribution is 5.93. The molecule has 24 heavy (non-hydrogen) atoms. The van der Waals surface area contributed by atoms with Gasteiger partial charge in [0.2, 0.25) is 5.91 Å². The molecule has 4 nitrogen and oxygen atoms in total. The number of carbonyl (C=O) groups is 1. The van der Waals surface area contributed by atoms with E-state index < -0.39 is 0 Å². The van der Waals surface area contributed by atoms with Crippen LogP contribution in [0.5, 0.6) is 0 Å². The molecule has 1 aromatic heterocycles. The van der Waals surface area contributed by atoms with E-state index in [1.165, 1.54) is 12.1 Å². The molecule has 2 aromatic carbocycles. The highest BCUT2D eigenvalue weighted by Crippen LogP contribution is 2.22. The average Bonchev–Trinajstić information content (AvgIpc) is 3.01. The Balaban J connectivity index is 1.69. The summed E-state index contributed by atoms with van der Waals surface area (Å²) in [5, 5.41) is 6.79. The molecule has 0 atom stereocenters. The largest absolute Gasteiger partial charge is 0.356 e. The Labute approximate surface area is 139 Å². The van der Waals surface area contributed by atoms with Crippen molar-refractivity contribution in [2.75, 3.05) is 5.32 Å². The van der Waals surface area contributed by atoms with Gasteiger partial charge in [-0.3, -0.25) is 4.79 Å². The van der Waals surface area contributed by atoms with Crippen molar-refractivity contribution in [3.63, 3.8) is 0 Å². The van der Waals surface area contributed by atoms with E-state index in [4.69, 9.17) is 4.52 Å². The summed E-state index contributed by atoms with van der Waals surface area (Å²) in [6.07, 6.45) is 0.109. The topological polar surface area (TPSA) is 55.1 Å². The first-order valence-corrected chi connectivity index (χ1v) is 7.60. The summed E-state index contributed by atoms with van der Waals surface area (Å²) in [6.45, 7) is 3.96. The number of nitrogens with zero attached hydrogens (tertiary/aromatic N) is 1. The Hall–Kier alpha value is -2.95. The zero-order valence-corrected chi connectivity index (χ0v) is 13.5. The second-order valence-corrected chi connectivity index (χ2v) is 5.66. The summed E-state index contributed by atoms with van der Waals surface area (Å²) in [7, 11) is 0. The van der Waals surface area contributed by atoms with Crippen LogP contribution in [-0.4, -0.2) is 11.1 Å². The zero-order valence-electron chi connectivity index (χ0n) is 13.5. The Morgan fingerprint density at radius 2 is 1.92 bits per heavy atom. The smallest absolute Gasteiger partial charge is 0.230 e. The Morgan fingerprint density at radius 3 is 2.67 bits per heavy atom. The number of carbonyl (C=O) groups excluding carboxylic acids is 1. The van der Waals surface area contributed by atoms with Crippen molar-refractivity contribution in [3.8, 4) is 11.3 Å². The molecule has 0 unspecified atom stereocenters. The van der Waals surface area contributed by atoms with Gasteiger partial charge in [0.25, 0.3) is 0 Å². The van der Waals surface area contributed by atoms with Gasteiger partial charge in [-0.05, 0) is 55.3 Å². The quantitative estimate of drug-likeness (QED) is 0.779. The fourth-order valence-corrected chi connectivity index (χ4v) is 2.39. The fourth-order valence-electron chi connectivity index (χ4n) is 2.39. The van der Waals surface area contributed by atoms with Crippen LogP contribution in [0.1, 0.15) is 16.8 Å². The SMILES string of the molecule is Cc1cccc(NC(=O)Cc2cc(-c3ccc(F)cc3)on2)c1C. The fraction of sp³-hybridized carbons (Fsp3) is 0.158. The van der Waals surface area contributed by atoms with Crippen molar-refractivity contribution in [2.45, 2.75) is 20.3 Å². The normalized spacial score (nSPS) is 10.6. The maximum Gasteiger partial charge on any atom is 0.230 e. The number of halogens is 1. The van der Waals surface area contributed by atoms with Gasteiger partial charge in [0.1, 0.15) is 5.82 Å². The van der Waals surface area contributed by atoms with Crippen molar-refractivity contribution < 1.29 is 13.7 Å². The first-order chi connectivity index (χ1) is 11.5. The van der Waals surface area contributed by atoms with Crippen molar-refractivity contribution in [1.82, 2.24) is 5.16 Å². The van der Waals surface area contributed by atoms with E-state index in [9.17, 15) is 9.18 Å². The number of hydrogen-bond acceptors (Lipinski definition) is 3. The minimum Gasteiger partial charge on any atom is -0.356 e. The molecular formula is C19H17FN2O2. The molecule has 5 heteroatoms. The van der Waals surface area contributed by atoms with Gasteiger partial charge < -0.3 is 9.84 Å². The second-order valence-electron chi connectivity index (χ2n) is 5.66. The molecule has 0 aliphatic carbocycles. The molecule has 3 rings (SSSR count). The maximum absolute atomic E-state index is 12.9. The highest BCUT2D eigenvalue weighted by atomic mass is 19.1. The number of benzene rings is 2. The van der Waals surface area contributed by atoms with Crippen LogP contribution in [0.4, 0.5) is 10.1 Å². The van der Waals surface area contributed by atoms with E-state index in [2.05, 4.69) is 10.5 Å². The number of amides is 1. The molecule has 0 fully saturated rings. The average molecular weight is 324 g/mol. The Bertz CT molecular complexity index is 869. The zero-order chi connectivity index (χ0) is 17.1. The monoisotopic (exact) mass is 324 g/mol. The van der Waals surface area contributed by atoms with Crippen molar-refractivity contribution >= 4 is 11.6 Å². The summed E-state index contributed by atoms with van der Waals surface area (Å²) in [5.74, 6) is 0.0265. The van der Waals surface area contributed by atoms with Gasteiger partial charge in [-0.15, -0.1) is 0 Å². The highest BCUT2D eigenvalue weighted by Gasteiger charge is 2.12. The molecule has 0 bridgehead atoms. The Kier molecular flexibility index (Phi) is 4.42. The van der Waals surface area contributed by atoms with E-state index in [-0.39, 0.29) is 18.1 Å². The molecule has 122 valence electrons. The molecular weight excluding hydrogens is 307 g/mol. The van der Waals surface area contributed by atoms with Gasteiger partial charge in [-0.1, -0.05) is 17.3 Å². The summed E-state index contributed by atoms with van der Waals surface area (Å²) in [5.41, 5.74) is 4.19. The number of hydrogen-bond donors (Lipinski definition) is 1. The van der Waals surface area contributed by atoms with Crippen LogP contribution in [0.3, 0.4) is 0 Å². The van der Waals surface area contributed by atoms with Crippen molar-refractivity contribution in [2.24, 2.45) is 0 Å². The van der Waals surface area contributed by atoms with Crippen LogP contribution in [0.15, 0.2) is 53.1 Å². The van der Waals surface area contributed by atoms with E-state index >= 15 is 0 Å². The third-order valence-electron chi connectivity index (χ3n) is 3.91. The lowest BCUT2D eigenvalue weighted by atomic mass is 10.1. The Morgan fingerprint density at radius 1 is 1.17 bits per heavy atom. The maximum atomic E-state index is 12.9. The lowest BCUT2D eigenvalue weighted by molar-refractivity contribution is -0.115. The van der Waals surface area contributed by atoms with Crippen LogP contribution in [-0.2, 0) is 11.2 Å². The van der Waals surface area contributed by atoms with Crippen LogP contribution in [0.25, 0.3) is 11.3 Å². The van der Waals surface area contributed by atoms with Crippen molar-refractivity contribution in [1.29, 1.82) is 0 Å². The third-order valence-corrected chi connectivity index (χ3v) is 3.91. The van der Waals surface area contributed by atoms with Gasteiger partial charge in [-0.2, -0.15) is 0 Å². The van der Waals surface area contributed by atoms with E-state index in [0.717, 1.165) is 16.8 Å². The molecule has 0 saturated carbocycles. The van der Waals surface area contributed by atoms with Crippen LogP contribution >= 0.6 is 0 Å². The number of anilines is 1. The van der Waals surface area contributed by atoms with Gasteiger partial charge in [0, 0.05) is 17.3 Å². The van der Waals surface area contributed by atoms with Gasteiger partial charge >= 0.3 is 0 Å². The standard InChI is InChI=1S/C19H17FN2O2/c1-12-4-3-5-17(13(12)2)21-19(23)11-16-10-18(24-22-16)14-6-8-15(20)9-7-14/h3-10H,11H2,1-2H3,(H,21,23). The lowest BCUT2D eigenvalue weighted by Crippen LogP contribution is -2.15. The van der Waals surface area contributed by atoms with Gasteiger partial charge in [0.05, 0.1) is 12.1 Å². The lowest BCUT2D eigenvalue weighted by Gasteiger charge is -2.09. The summed E-state index contributed by atoms with van der Waals surface area (Å²) in [4.78, 5) is 12.2. The molecule has 1 heterocycles. The number of aromatic nitrogens is 1. The predicted octanol–water partition coefficient (Wildman–Crippen LogP) is 4.28. The number of nitrogens with one attached hydrogen (secondary N) is 1. The number of aryl methyl sites for hydroxylation is 1. The van der Waals surface area contributed by atoms with Crippen LogP contribution in [0.2, 0.25) is 0 Å². The summed E-state index contributed by atoms with van der Waals surface area (Å²) >= 11 is 0. The van der Waals surface area contributed by atoms with E-state index in [1.807, 2.05) is 32.0 Å². The minimum atomic E-state index is -0.314. The minimum absolute atomic E-state index is 0.109. The molecule has 1 N–H and O–H groups in total. The molecule has 0 radical (unpaired) electrons. The third kappa shape index (κ3) is 3.51. The van der Waals surface area contributed by atoms with Crippen LogP contribution in [0, 0.1) is 19.7 Å². The summed E-state index contributed by atoms with van der Waals surface area (Å²) < 4.78 is 18.2. The van der Waals surface area contributed by atoms with Crippen LogP contribution < -0.4 is 5.32 Å². The molecule has 3 aromatic rings. The molecule has 0 saturated heterocycles. The van der Waals surface area contributed by atoms with Gasteiger partial charge in [0.15, 0.2) is 5.76 Å². The molecule has 1 amide bonds. The van der Waals surface area contributed by atoms with Gasteiger partial charge in [-0.25, -0.2) is 4.39 Å². The predicted molar refractivity (Wildman–Crippen MR) is 90.1 cm³/mol. The first kappa shape index (κ1) is 15.9. The molecule has 0 spiro atoms. The van der Waals surface area contributed by atoms with Crippen molar-refractivity contribution in [3.05, 3.63) is 71.2 Å². The molecule has 0 aliphatic rings. The number of rotatable bonds is 4. The van der Waals surface area contributed by atoms with E-state index in [1.54, 1.807) is 18.2 Å². The summed E-state index contributed by atoms with van der Waals surface area (Å²) in [6, 6.07) is 13.4. The first-order valence-electron chi connectivity index (χ1n) is 7.60. The second kappa shape index (κ2) is 6.66. The van der Waals surface area contributed by atoms with E-state index in [0.29, 0.717) is 17.0 Å². The molecule has 0 aliphatic heterocycles.